The largest absolute Gasteiger partial charge is 0.264 e. The van der Waals surface area contributed by atoms with Crippen LogP contribution < -0.4 is 4.72 Å². The van der Waals surface area contributed by atoms with Gasteiger partial charge in [0.25, 0.3) is 16.0 Å². The van der Waals surface area contributed by atoms with Crippen molar-refractivity contribution >= 4 is 16.0 Å². The van der Waals surface area contributed by atoms with Crippen molar-refractivity contribution < 1.29 is 12.8 Å². The molecular weight excluding hydrogens is 271 g/mol. The second kappa shape index (κ2) is 4.88. The SMILES string of the molecule is Cc1nnc(NS(=O)(=O)c2ccc(F)cc2)nc1C. The summed E-state index contributed by atoms with van der Waals surface area (Å²) >= 11 is 0. The van der Waals surface area contributed by atoms with Crippen LogP contribution >= 0.6 is 0 Å². The number of nitrogens with one attached hydrogen (secondary N) is 1. The molecule has 0 bridgehead atoms. The zero-order valence-electron chi connectivity index (χ0n) is 10.3. The number of halogens is 1. The smallest absolute Gasteiger partial charge is 0.246 e. The Labute approximate surface area is 109 Å². The van der Waals surface area contributed by atoms with Crippen LogP contribution in [0.5, 0.6) is 0 Å². The lowest BCUT2D eigenvalue weighted by Gasteiger charge is -2.07. The van der Waals surface area contributed by atoms with Gasteiger partial charge in [-0.2, -0.15) is 5.10 Å². The average molecular weight is 282 g/mol. The number of hydrogen-bond acceptors (Lipinski definition) is 5. The number of sulfonamides is 1. The predicted octanol–water partition coefficient (Wildman–Crippen LogP) is 1.43. The maximum atomic E-state index is 12.7. The fourth-order valence-electron chi connectivity index (χ4n) is 1.29. The maximum absolute atomic E-state index is 12.7. The van der Waals surface area contributed by atoms with Gasteiger partial charge in [0.1, 0.15) is 5.82 Å². The van der Waals surface area contributed by atoms with Gasteiger partial charge in [-0.1, -0.05) is 0 Å². The quantitative estimate of drug-likeness (QED) is 0.920. The van der Waals surface area contributed by atoms with Crippen LogP contribution in [0.25, 0.3) is 0 Å². The van der Waals surface area contributed by atoms with Gasteiger partial charge in [0, 0.05) is 0 Å². The Morgan fingerprint density at radius 3 is 2.26 bits per heavy atom. The van der Waals surface area contributed by atoms with Crippen LogP contribution in [-0.4, -0.2) is 23.6 Å². The van der Waals surface area contributed by atoms with Gasteiger partial charge in [0.05, 0.1) is 16.3 Å². The van der Waals surface area contributed by atoms with E-state index in [4.69, 9.17) is 0 Å². The summed E-state index contributed by atoms with van der Waals surface area (Å²) in [5.74, 6) is -0.629. The first-order chi connectivity index (χ1) is 8.88. The summed E-state index contributed by atoms with van der Waals surface area (Å²) in [5, 5.41) is 7.41. The van der Waals surface area contributed by atoms with E-state index < -0.39 is 15.8 Å². The Kier molecular flexibility index (Phi) is 3.43. The topological polar surface area (TPSA) is 84.8 Å². The van der Waals surface area contributed by atoms with Gasteiger partial charge in [0.15, 0.2) is 0 Å². The molecule has 0 amide bonds. The summed E-state index contributed by atoms with van der Waals surface area (Å²) in [7, 11) is -3.84. The molecule has 0 aliphatic rings. The molecule has 0 unspecified atom stereocenters. The molecule has 1 N–H and O–H groups in total. The second-order valence-electron chi connectivity index (χ2n) is 3.87. The van der Waals surface area contributed by atoms with E-state index in [2.05, 4.69) is 19.9 Å². The lowest BCUT2D eigenvalue weighted by atomic mass is 10.4. The first-order valence-electron chi connectivity index (χ1n) is 5.35. The molecule has 0 aliphatic heterocycles. The van der Waals surface area contributed by atoms with Crippen molar-refractivity contribution in [3.63, 3.8) is 0 Å². The average Bonchev–Trinajstić information content (AvgIpc) is 2.34. The van der Waals surface area contributed by atoms with Gasteiger partial charge >= 0.3 is 0 Å². The molecule has 1 heterocycles. The van der Waals surface area contributed by atoms with Crippen LogP contribution in [0.1, 0.15) is 11.4 Å². The molecule has 2 rings (SSSR count). The van der Waals surface area contributed by atoms with E-state index in [1.807, 2.05) is 0 Å². The summed E-state index contributed by atoms with van der Waals surface area (Å²) in [6.07, 6.45) is 0. The number of anilines is 1. The van der Waals surface area contributed by atoms with Gasteiger partial charge in [-0.25, -0.2) is 22.5 Å². The summed E-state index contributed by atoms with van der Waals surface area (Å²) in [4.78, 5) is 3.89. The van der Waals surface area contributed by atoms with Crippen LogP contribution in [-0.2, 0) is 10.0 Å². The molecule has 0 fully saturated rings. The summed E-state index contributed by atoms with van der Waals surface area (Å²) in [6.45, 7) is 3.41. The number of aromatic nitrogens is 3. The van der Waals surface area contributed by atoms with Crippen molar-refractivity contribution in [2.45, 2.75) is 18.7 Å². The number of benzene rings is 1. The normalized spacial score (nSPS) is 11.3. The van der Waals surface area contributed by atoms with Crippen molar-refractivity contribution in [3.05, 3.63) is 41.5 Å². The minimum Gasteiger partial charge on any atom is -0.246 e. The molecule has 0 aliphatic carbocycles. The first kappa shape index (κ1) is 13.3. The van der Waals surface area contributed by atoms with Crippen molar-refractivity contribution in [1.82, 2.24) is 15.2 Å². The number of aryl methyl sites for hydroxylation is 2. The molecule has 1 aromatic carbocycles. The number of hydrogen-bond donors (Lipinski definition) is 1. The Morgan fingerprint density at radius 1 is 1.05 bits per heavy atom. The van der Waals surface area contributed by atoms with Crippen LogP contribution in [0.4, 0.5) is 10.3 Å². The summed E-state index contributed by atoms with van der Waals surface area (Å²) in [6, 6.07) is 4.44. The van der Waals surface area contributed by atoms with Gasteiger partial charge in [-0.05, 0) is 38.1 Å². The summed E-state index contributed by atoms with van der Waals surface area (Å²) < 4.78 is 38.9. The Balaban J connectivity index is 2.30. The molecule has 0 radical (unpaired) electrons. The highest BCUT2D eigenvalue weighted by molar-refractivity contribution is 7.92. The van der Waals surface area contributed by atoms with Crippen molar-refractivity contribution in [2.24, 2.45) is 0 Å². The van der Waals surface area contributed by atoms with Crippen molar-refractivity contribution in [1.29, 1.82) is 0 Å². The van der Waals surface area contributed by atoms with Crippen molar-refractivity contribution in [3.8, 4) is 0 Å². The summed E-state index contributed by atoms with van der Waals surface area (Å²) in [5.41, 5.74) is 1.19. The van der Waals surface area contributed by atoms with Crippen LogP contribution in [0.3, 0.4) is 0 Å². The molecule has 100 valence electrons. The highest BCUT2D eigenvalue weighted by Gasteiger charge is 2.16. The van der Waals surface area contributed by atoms with Crippen LogP contribution in [0.15, 0.2) is 29.2 Å². The zero-order valence-corrected chi connectivity index (χ0v) is 11.1. The third kappa shape index (κ3) is 3.02. The van der Waals surface area contributed by atoms with Crippen molar-refractivity contribution in [2.75, 3.05) is 4.72 Å². The molecule has 0 saturated carbocycles. The maximum Gasteiger partial charge on any atom is 0.264 e. The molecule has 0 atom stereocenters. The van der Waals surface area contributed by atoms with E-state index in [9.17, 15) is 12.8 Å². The predicted molar refractivity (Wildman–Crippen MR) is 66.5 cm³/mol. The van der Waals surface area contributed by atoms with Crippen LogP contribution in [0.2, 0.25) is 0 Å². The van der Waals surface area contributed by atoms with E-state index in [1.54, 1.807) is 13.8 Å². The molecular formula is C11H11FN4O2S. The number of rotatable bonds is 3. The second-order valence-corrected chi connectivity index (χ2v) is 5.55. The highest BCUT2D eigenvalue weighted by Crippen LogP contribution is 2.13. The minimum absolute atomic E-state index is 0.0734. The fourth-order valence-corrected chi connectivity index (χ4v) is 2.23. The standard InChI is InChI=1S/C11H11FN4O2S/c1-7-8(2)14-15-11(13-7)16-19(17,18)10-5-3-9(12)4-6-10/h3-6H,1-2H3,(H,13,15,16). The number of nitrogens with zero attached hydrogens (tertiary/aromatic N) is 3. The first-order valence-corrected chi connectivity index (χ1v) is 6.83. The van der Waals surface area contributed by atoms with Gasteiger partial charge in [0.2, 0.25) is 0 Å². The Hall–Kier alpha value is -2.09. The minimum atomic E-state index is -3.84. The van der Waals surface area contributed by atoms with E-state index in [0.29, 0.717) is 11.4 Å². The molecule has 0 spiro atoms. The van der Waals surface area contributed by atoms with E-state index in [-0.39, 0.29) is 10.8 Å². The molecule has 8 heteroatoms. The molecule has 1 aromatic heterocycles. The molecule has 6 nitrogen and oxygen atoms in total. The highest BCUT2D eigenvalue weighted by atomic mass is 32.2. The van der Waals surface area contributed by atoms with Gasteiger partial charge in [-0.15, -0.1) is 5.10 Å². The van der Waals surface area contributed by atoms with E-state index in [0.717, 1.165) is 24.3 Å². The van der Waals surface area contributed by atoms with Gasteiger partial charge in [-0.3, -0.25) is 0 Å². The molecule has 2 aromatic rings. The third-order valence-corrected chi connectivity index (χ3v) is 3.79. The van der Waals surface area contributed by atoms with E-state index >= 15 is 0 Å². The lowest BCUT2D eigenvalue weighted by molar-refractivity contribution is 0.599. The van der Waals surface area contributed by atoms with Crippen LogP contribution in [0, 0.1) is 19.7 Å². The third-order valence-electron chi connectivity index (χ3n) is 2.44. The molecule has 19 heavy (non-hydrogen) atoms. The molecule has 0 saturated heterocycles. The van der Waals surface area contributed by atoms with Gasteiger partial charge < -0.3 is 0 Å². The Morgan fingerprint density at radius 2 is 1.68 bits per heavy atom. The van der Waals surface area contributed by atoms with E-state index in [1.165, 1.54) is 0 Å². The Bertz CT molecular complexity index is 701. The fraction of sp³-hybridized carbons (Fsp3) is 0.182. The lowest BCUT2D eigenvalue weighted by Crippen LogP contribution is -2.16. The zero-order chi connectivity index (χ0) is 14.0. The monoisotopic (exact) mass is 282 g/mol.